The largest absolute Gasteiger partial charge is 0.352 e. The molecule has 5 nitrogen and oxygen atoms in total. The second kappa shape index (κ2) is 8.68. The zero-order valence-electron chi connectivity index (χ0n) is 16.5. The summed E-state index contributed by atoms with van der Waals surface area (Å²) in [5.41, 5.74) is 0.742. The number of para-hydroxylation sites is 1. The summed E-state index contributed by atoms with van der Waals surface area (Å²) in [5, 5.41) is 4.55. The van der Waals surface area contributed by atoms with E-state index in [1.165, 1.54) is 31.0 Å². The van der Waals surface area contributed by atoms with Crippen LogP contribution in [0.15, 0.2) is 34.2 Å². The Kier molecular flexibility index (Phi) is 6.04. The molecule has 28 heavy (non-hydrogen) atoms. The molecule has 1 aromatic carbocycles. The molecule has 0 aliphatic heterocycles. The number of benzene rings is 1. The van der Waals surface area contributed by atoms with Crippen molar-refractivity contribution >= 4 is 28.6 Å². The summed E-state index contributed by atoms with van der Waals surface area (Å²) in [6.07, 6.45) is 9.03. The molecule has 1 N–H and O–H groups in total. The molecule has 1 heterocycles. The Morgan fingerprint density at radius 1 is 1.14 bits per heavy atom. The summed E-state index contributed by atoms with van der Waals surface area (Å²) in [4.78, 5) is 30.5. The Morgan fingerprint density at radius 2 is 1.86 bits per heavy atom. The molecular formula is C22H29N3O2S. The van der Waals surface area contributed by atoms with Gasteiger partial charge in [-0.15, -0.1) is 0 Å². The van der Waals surface area contributed by atoms with E-state index in [4.69, 9.17) is 4.98 Å². The van der Waals surface area contributed by atoms with E-state index in [9.17, 15) is 9.59 Å². The van der Waals surface area contributed by atoms with E-state index >= 15 is 0 Å². The minimum atomic E-state index is 0.0290. The number of nitrogens with zero attached hydrogens (tertiary/aromatic N) is 2. The molecule has 2 aromatic rings. The van der Waals surface area contributed by atoms with Gasteiger partial charge in [-0.1, -0.05) is 56.5 Å². The summed E-state index contributed by atoms with van der Waals surface area (Å²) < 4.78 is 1.86. The SMILES string of the molecule is C[C@H]1CCCC[C@H]1NC(=O)CSc1nc2ccccc2c(=O)n1C1CCCC1. The number of amides is 1. The number of hydrogen-bond acceptors (Lipinski definition) is 4. The van der Waals surface area contributed by atoms with Crippen molar-refractivity contribution in [3.8, 4) is 0 Å². The minimum Gasteiger partial charge on any atom is -0.352 e. The fourth-order valence-corrected chi connectivity index (χ4v) is 5.50. The molecule has 4 rings (SSSR count). The molecule has 0 bridgehead atoms. The van der Waals surface area contributed by atoms with Gasteiger partial charge in [-0.2, -0.15) is 0 Å². The van der Waals surface area contributed by atoms with Gasteiger partial charge in [0.05, 0.1) is 16.7 Å². The van der Waals surface area contributed by atoms with Crippen LogP contribution in [0.2, 0.25) is 0 Å². The third-order valence-corrected chi connectivity index (χ3v) is 7.21. The number of thioether (sulfide) groups is 1. The van der Waals surface area contributed by atoms with Crippen molar-refractivity contribution in [2.45, 2.75) is 75.5 Å². The number of carbonyl (C=O) groups is 1. The highest BCUT2D eigenvalue weighted by atomic mass is 32.2. The number of rotatable bonds is 5. The highest BCUT2D eigenvalue weighted by Gasteiger charge is 2.25. The molecule has 150 valence electrons. The molecule has 0 saturated heterocycles. The van der Waals surface area contributed by atoms with Crippen LogP contribution in [0.1, 0.15) is 64.3 Å². The van der Waals surface area contributed by atoms with Gasteiger partial charge in [-0.05, 0) is 43.7 Å². The summed E-state index contributed by atoms with van der Waals surface area (Å²) >= 11 is 1.40. The highest BCUT2D eigenvalue weighted by Crippen LogP contribution is 2.32. The molecule has 2 fully saturated rings. The van der Waals surface area contributed by atoms with Crippen molar-refractivity contribution in [1.82, 2.24) is 14.9 Å². The number of hydrogen-bond donors (Lipinski definition) is 1. The number of fused-ring (bicyclic) bond motifs is 1. The van der Waals surface area contributed by atoms with Gasteiger partial charge in [0.1, 0.15) is 0 Å². The van der Waals surface area contributed by atoms with Crippen LogP contribution in [-0.4, -0.2) is 27.3 Å². The van der Waals surface area contributed by atoms with E-state index in [-0.39, 0.29) is 23.6 Å². The van der Waals surface area contributed by atoms with Crippen molar-refractivity contribution in [3.05, 3.63) is 34.6 Å². The summed E-state index contributed by atoms with van der Waals surface area (Å²) in [6, 6.07) is 8.00. The molecule has 2 saturated carbocycles. The van der Waals surface area contributed by atoms with Crippen LogP contribution in [0, 0.1) is 5.92 Å². The topological polar surface area (TPSA) is 64.0 Å². The standard InChI is InChI=1S/C22H29N3O2S/c1-15-8-2-6-12-18(15)23-20(26)14-28-22-24-19-13-7-5-11-17(19)21(27)25(22)16-9-3-4-10-16/h5,7,11,13,15-16,18H,2-4,6,8-10,12,14H2,1H3,(H,23,26)/t15-,18+/m0/s1. The van der Waals surface area contributed by atoms with Crippen molar-refractivity contribution in [1.29, 1.82) is 0 Å². The van der Waals surface area contributed by atoms with Crippen LogP contribution < -0.4 is 10.9 Å². The maximum atomic E-state index is 13.1. The Bertz CT molecular complexity index is 904. The normalized spacial score (nSPS) is 23.2. The van der Waals surface area contributed by atoms with Crippen molar-refractivity contribution in [2.24, 2.45) is 5.92 Å². The quantitative estimate of drug-likeness (QED) is 0.601. The lowest BCUT2D eigenvalue weighted by Crippen LogP contribution is -2.42. The summed E-state index contributed by atoms with van der Waals surface area (Å²) in [7, 11) is 0. The van der Waals surface area contributed by atoms with Gasteiger partial charge in [0, 0.05) is 12.1 Å². The molecule has 6 heteroatoms. The van der Waals surface area contributed by atoms with Crippen molar-refractivity contribution in [3.63, 3.8) is 0 Å². The average Bonchev–Trinajstić information content (AvgIpc) is 3.22. The van der Waals surface area contributed by atoms with Crippen LogP contribution in [0.5, 0.6) is 0 Å². The van der Waals surface area contributed by atoms with Crippen LogP contribution in [0.25, 0.3) is 10.9 Å². The number of carbonyl (C=O) groups excluding carboxylic acids is 1. The molecule has 0 radical (unpaired) electrons. The third-order valence-electron chi connectivity index (χ3n) is 6.26. The summed E-state index contributed by atoms with van der Waals surface area (Å²) in [6.45, 7) is 2.22. The van der Waals surface area contributed by atoms with Crippen LogP contribution in [0.4, 0.5) is 0 Å². The van der Waals surface area contributed by atoms with Crippen molar-refractivity contribution in [2.75, 3.05) is 5.75 Å². The van der Waals surface area contributed by atoms with Crippen LogP contribution in [0.3, 0.4) is 0 Å². The first-order chi connectivity index (χ1) is 13.6. The predicted octanol–water partition coefficient (Wildman–Crippen LogP) is 4.30. The number of nitrogens with one attached hydrogen (secondary N) is 1. The average molecular weight is 400 g/mol. The molecule has 1 amide bonds. The van der Waals surface area contributed by atoms with Gasteiger partial charge in [0.25, 0.3) is 5.56 Å². The van der Waals surface area contributed by atoms with Gasteiger partial charge in [0.15, 0.2) is 5.16 Å². The summed E-state index contributed by atoms with van der Waals surface area (Å²) in [5.74, 6) is 0.892. The Morgan fingerprint density at radius 3 is 2.64 bits per heavy atom. The van der Waals surface area contributed by atoms with E-state index in [2.05, 4.69) is 12.2 Å². The lowest BCUT2D eigenvalue weighted by molar-refractivity contribution is -0.119. The van der Waals surface area contributed by atoms with Gasteiger partial charge in [-0.25, -0.2) is 4.98 Å². The van der Waals surface area contributed by atoms with Crippen molar-refractivity contribution < 1.29 is 4.79 Å². The van der Waals surface area contributed by atoms with E-state index < -0.39 is 0 Å². The zero-order chi connectivity index (χ0) is 19.5. The second-order valence-electron chi connectivity index (χ2n) is 8.25. The van der Waals surface area contributed by atoms with E-state index in [1.54, 1.807) is 0 Å². The lowest BCUT2D eigenvalue weighted by Gasteiger charge is -2.29. The molecular weight excluding hydrogens is 370 g/mol. The Balaban J connectivity index is 1.54. The monoisotopic (exact) mass is 399 g/mol. The maximum absolute atomic E-state index is 13.1. The maximum Gasteiger partial charge on any atom is 0.262 e. The molecule has 2 atom stereocenters. The Labute approximate surface area is 170 Å². The smallest absolute Gasteiger partial charge is 0.262 e. The van der Waals surface area contributed by atoms with Gasteiger partial charge < -0.3 is 5.32 Å². The van der Waals surface area contributed by atoms with E-state index in [0.29, 0.717) is 27.7 Å². The van der Waals surface area contributed by atoms with Crippen LogP contribution in [-0.2, 0) is 4.79 Å². The van der Waals surface area contributed by atoms with Crippen LogP contribution >= 0.6 is 11.8 Å². The lowest BCUT2D eigenvalue weighted by atomic mass is 9.86. The minimum absolute atomic E-state index is 0.0290. The zero-order valence-corrected chi connectivity index (χ0v) is 17.3. The molecule has 0 spiro atoms. The molecule has 0 unspecified atom stereocenters. The molecule has 2 aliphatic rings. The first-order valence-electron chi connectivity index (χ1n) is 10.6. The highest BCUT2D eigenvalue weighted by molar-refractivity contribution is 7.99. The third kappa shape index (κ3) is 4.12. The van der Waals surface area contributed by atoms with Gasteiger partial charge >= 0.3 is 0 Å². The fourth-order valence-electron chi connectivity index (χ4n) is 4.62. The molecule has 2 aliphatic carbocycles. The molecule has 1 aromatic heterocycles. The fraction of sp³-hybridized carbons (Fsp3) is 0.591. The van der Waals surface area contributed by atoms with E-state index in [1.807, 2.05) is 28.8 Å². The Hall–Kier alpha value is -1.82. The first-order valence-corrected chi connectivity index (χ1v) is 11.6. The number of aromatic nitrogens is 2. The van der Waals surface area contributed by atoms with E-state index in [0.717, 1.165) is 32.1 Å². The van der Waals surface area contributed by atoms with Gasteiger partial charge in [-0.3, -0.25) is 14.2 Å². The van der Waals surface area contributed by atoms with Gasteiger partial charge in [0.2, 0.25) is 5.91 Å². The second-order valence-corrected chi connectivity index (χ2v) is 9.19. The first kappa shape index (κ1) is 19.5. The predicted molar refractivity (Wildman–Crippen MR) is 114 cm³/mol.